The predicted octanol–water partition coefficient (Wildman–Crippen LogP) is 4.34. The molecule has 1 amide bonds. The van der Waals surface area contributed by atoms with Crippen molar-refractivity contribution in [1.82, 2.24) is 4.90 Å². The lowest BCUT2D eigenvalue weighted by Crippen LogP contribution is -2.44. The van der Waals surface area contributed by atoms with Crippen LogP contribution < -0.4 is 5.32 Å². The Bertz CT molecular complexity index is 769. The molecule has 1 heterocycles. The lowest BCUT2D eigenvalue weighted by Gasteiger charge is -2.39. The predicted molar refractivity (Wildman–Crippen MR) is 92.7 cm³/mol. The summed E-state index contributed by atoms with van der Waals surface area (Å²) in [6.45, 7) is 6.41. The summed E-state index contributed by atoms with van der Waals surface area (Å²) in [5.74, 6) is 0.159. The molecule has 1 N–H and O–H groups in total. The third-order valence-electron chi connectivity index (χ3n) is 4.91. The topological polar surface area (TPSA) is 32.3 Å². The summed E-state index contributed by atoms with van der Waals surface area (Å²) < 4.78 is 0. The summed E-state index contributed by atoms with van der Waals surface area (Å²) in [4.78, 5) is 15.1. The first-order valence-electron chi connectivity index (χ1n) is 8.32. The maximum Gasteiger partial charge on any atom is 0.258 e. The number of nitrogens with one attached hydrogen (secondary N) is 1. The molecule has 3 nitrogen and oxygen atoms in total. The van der Waals surface area contributed by atoms with Crippen molar-refractivity contribution in [2.24, 2.45) is 0 Å². The van der Waals surface area contributed by atoms with E-state index in [9.17, 15) is 4.79 Å². The molecule has 0 unspecified atom stereocenters. The van der Waals surface area contributed by atoms with Gasteiger partial charge in [0.2, 0.25) is 0 Å². The molecule has 0 bridgehead atoms. The van der Waals surface area contributed by atoms with E-state index in [4.69, 9.17) is 0 Å². The van der Waals surface area contributed by atoms with Crippen LogP contribution in [0, 0.1) is 20.8 Å². The molecule has 2 aliphatic rings. The van der Waals surface area contributed by atoms with E-state index in [2.05, 4.69) is 43.1 Å². The van der Waals surface area contributed by atoms with Crippen LogP contribution in [0.5, 0.6) is 0 Å². The SMILES string of the molecule is Cc1cc(C)c([C@@H]2Nc3ccccc3C(=O)N2C2CC2)c(C)c1. The van der Waals surface area contributed by atoms with Crippen molar-refractivity contribution in [2.75, 3.05) is 5.32 Å². The number of fused-ring (bicyclic) bond motifs is 1. The van der Waals surface area contributed by atoms with Gasteiger partial charge >= 0.3 is 0 Å². The molecular formula is C20H22N2O. The second kappa shape index (κ2) is 5.12. The number of amides is 1. The van der Waals surface area contributed by atoms with Gasteiger partial charge in [-0.05, 0) is 56.9 Å². The van der Waals surface area contributed by atoms with E-state index >= 15 is 0 Å². The number of benzene rings is 2. The fourth-order valence-electron chi connectivity index (χ4n) is 3.83. The minimum Gasteiger partial charge on any atom is -0.361 e. The standard InChI is InChI=1S/C20H22N2O/c1-12-10-13(2)18(14(3)11-12)19-21-17-7-5-4-6-16(17)20(23)22(19)15-8-9-15/h4-7,10-11,15,19,21H,8-9H2,1-3H3/t19-/m1/s1. The molecular weight excluding hydrogens is 284 g/mol. The number of nitrogens with zero attached hydrogens (tertiary/aromatic N) is 1. The van der Waals surface area contributed by atoms with Crippen LogP contribution in [-0.2, 0) is 0 Å². The van der Waals surface area contributed by atoms with Gasteiger partial charge in [0.15, 0.2) is 0 Å². The van der Waals surface area contributed by atoms with Crippen LogP contribution in [0.4, 0.5) is 5.69 Å². The Balaban J connectivity index is 1.86. The van der Waals surface area contributed by atoms with E-state index in [-0.39, 0.29) is 12.1 Å². The van der Waals surface area contributed by atoms with Gasteiger partial charge in [0.1, 0.15) is 6.17 Å². The maximum absolute atomic E-state index is 13.1. The first kappa shape index (κ1) is 14.3. The van der Waals surface area contributed by atoms with Crippen molar-refractivity contribution in [3.05, 3.63) is 64.2 Å². The van der Waals surface area contributed by atoms with Gasteiger partial charge in [-0.1, -0.05) is 29.8 Å². The Morgan fingerprint density at radius 1 is 1.04 bits per heavy atom. The average molecular weight is 306 g/mol. The van der Waals surface area contributed by atoms with Crippen molar-refractivity contribution in [3.63, 3.8) is 0 Å². The summed E-state index contributed by atoms with van der Waals surface area (Å²) in [5.41, 5.74) is 6.74. The van der Waals surface area contributed by atoms with Gasteiger partial charge in [-0.3, -0.25) is 4.79 Å². The fourth-order valence-corrected chi connectivity index (χ4v) is 3.83. The van der Waals surface area contributed by atoms with E-state index in [0.29, 0.717) is 6.04 Å². The number of hydrogen-bond donors (Lipinski definition) is 1. The highest BCUT2D eigenvalue weighted by Crippen LogP contribution is 2.42. The van der Waals surface area contributed by atoms with E-state index in [0.717, 1.165) is 24.1 Å². The molecule has 0 aromatic heterocycles. The van der Waals surface area contributed by atoms with Crippen LogP contribution in [0.1, 0.15) is 51.6 Å². The Hall–Kier alpha value is -2.29. The molecule has 1 saturated carbocycles. The number of aryl methyl sites for hydroxylation is 3. The third-order valence-corrected chi connectivity index (χ3v) is 4.91. The number of para-hydroxylation sites is 1. The smallest absolute Gasteiger partial charge is 0.258 e. The van der Waals surface area contributed by atoms with E-state index < -0.39 is 0 Å². The highest BCUT2D eigenvalue weighted by molar-refractivity contribution is 6.02. The zero-order chi connectivity index (χ0) is 16.1. The maximum atomic E-state index is 13.1. The summed E-state index contributed by atoms with van der Waals surface area (Å²) in [6.07, 6.45) is 2.15. The number of hydrogen-bond acceptors (Lipinski definition) is 2. The zero-order valence-electron chi connectivity index (χ0n) is 13.9. The summed E-state index contributed by atoms with van der Waals surface area (Å²) in [6, 6.07) is 12.6. The van der Waals surface area contributed by atoms with E-state index in [1.165, 1.54) is 22.3 Å². The number of carbonyl (C=O) groups excluding carboxylic acids is 1. The molecule has 1 fully saturated rings. The van der Waals surface area contributed by atoms with Crippen LogP contribution in [0.2, 0.25) is 0 Å². The normalized spacial score (nSPS) is 20.2. The number of carbonyl (C=O) groups is 1. The molecule has 1 aliphatic carbocycles. The molecule has 0 radical (unpaired) electrons. The molecule has 0 saturated heterocycles. The second-order valence-electron chi connectivity index (χ2n) is 6.85. The molecule has 2 aromatic rings. The van der Waals surface area contributed by atoms with Gasteiger partial charge in [0, 0.05) is 17.3 Å². The summed E-state index contributed by atoms with van der Waals surface area (Å²) in [7, 11) is 0. The summed E-state index contributed by atoms with van der Waals surface area (Å²) in [5, 5.41) is 3.62. The first-order chi connectivity index (χ1) is 11.1. The van der Waals surface area contributed by atoms with Gasteiger partial charge < -0.3 is 10.2 Å². The lowest BCUT2D eigenvalue weighted by molar-refractivity contribution is 0.0665. The van der Waals surface area contributed by atoms with Crippen LogP contribution in [0.15, 0.2) is 36.4 Å². The Labute approximate surface area is 137 Å². The van der Waals surface area contributed by atoms with Crippen LogP contribution in [-0.4, -0.2) is 16.8 Å². The van der Waals surface area contributed by atoms with Crippen LogP contribution in [0.25, 0.3) is 0 Å². The molecule has 1 atom stereocenters. The third kappa shape index (κ3) is 2.31. The van der Waals surface area contributed by atoms with Crippen LogP contribution in [0.3, 0.4) is 0 Å². The minimum atomic E-state index is -0.0644. The van der Waals surface area contributed by atoms with Gasteiger partial charge in [0.25, 0.3) is 5.91 Å². The Kier molecular flexibility index (Phi) is 3.19. The second-order valence-corrected chi connectivity index (χ2v) is 6.85. The van der Waals surface area contributed by atoms with Crippen molar-refractivity contribution < 1.29 is 4.79 Å². The van der Waals surface area contributed by atoms with Gasteiger partial charge in [-0.2, -0.15) is 0 Å². The largest absolute Gasteiger partial charge is 0.361 e. The summed E-state index contributed by atoms with van der Waals surface area (Å²) >= 11 is 0. The van der Waals surface area contributed by atoms with Crippen molar-refractivity contribution in [3.8, 4) is 0 Å². The molecule has 4 rings (SSSR count). The highest BCUT2D eigenvalue weighted by Gasteiger charge is 2.42. The van der Waals surface area contributed by atoms with Gasteiger partial charge in [0.05, 0.1) is 5.56 Å². The molecule has 2 aromatic carbocycles. The van der Waals surface area contributed by atoms with Gasteiger partial charge in [-0.15, -0.1) is 0 Å². The van der Waals surface area contributed by atoms with Gasteiger partial charge in [-0.25, -0.2) is 0 Å². The molecule has 3 heteroatoms. The van der Waals surface area contributed by atoms with Crippen LogP contribution >= 0.6 is 0 Å². The average Bonchev–Trinajstić information content (AvgIpc) is 3.31. The molecule has 23 heavy (non-hydrogen) atoms. The van der Waals surface area contributed by atoms with Crippen molar-refractivity contribution in [1.29, 1.82) is 0 Å². The van der Waals surface area contributed by atoms with E-state index in [1.54, 1.807) is 0 Å². The van der Waals surface area contributed by atoms with Crippen molar-refractivity contribution in [2.45, 2.75) is 45.8 Å². The number of rotatable bonds is 2. The fraction of sp³-hybridized carbons (Fsp3) is 0.350. The Morgan fingerprint density at radius 3 is 2.35 bits per heavy atom. The van der Waals surface area contributed by atoms with Crippen molar-refractivity contribution >= 4 is 11.6 Å². The minimum absolute atomic E-state index is 0.0644. The monoisotopic (exact) mass is 306 g/mol. The first-order valence-corrected chi connectivity index (χ1v) is 8.32. The Morgan fingerprint density at radius 2 is 1.70 bits per heavy atom. The highest BCUT2D eigenvalue weighted by atomic mass is 16.2. The van der Waals surface area contributed by atoms with E-state index in [1.807, 2.05) is 24.3 Å². The zero-order valence-corrected chi connectivity index (χ0v) is 13.9. The molecule has 1 aliphatic heterocycles. The quantitative estimate of drug-likeness (QED) is 0.895. The number of anilines is 1. The molecule has 0 spiro atoms. The molecule has 118 valence electrons. The lowest BCUT2D eigenvalue weighted by atomic mass is 9.94.